The van der Waals surface area contributed by atoms with Crippen molar-refractivity contribution in [1.82, 2.24) is 5.32 Å². The molecule has 0 unspecified atom stereocenters. The molecule has 1 aliphatic rings. The van der Waals surface area contributed by atoms with Crippen molar-refractivity contribution in [1.29, 1.82) is 0 Å². The molecular formula is C19H25NO7. The summed E-state index contributed by atoms with van der Waals surface area (Å²) < 4.78 is 15.6. The zero-order valence-corrected chi connectivity index (χ0v) is 15.3. The zero-order valence-electron chi connectivity index (χ0n) is 15.3. The number of aliphatic hydroxyl groups is 2. The maximum absolute atomic E-state index is 12.4. The molecule has 0 bridgehead atoms. The van der Waals surface area contributed by atoms with Gasteiger partial charge >= 0.3 is 0 Å². The van der Waals surface area contributed by atoms with Crippen LogP contribution in [-0.2, 0) is 14.3 Å². The second-order valence-corrected chi connectivity index (χ2v) is 6.11. The Morgan fingerprint density at radius 2 is 2.19 bits per heavy atom. The first-order valence-electron chi connectivity index (χ1n) is 8.44. The number of ether oxygens (including phenoxy) is 3. The molecule has 148 valence electrons. The third-order valence-electron chi connectivity index (χ3n) is 4.15. The molecule has 1 aromatic rings. The first-order valence-corrected chi connectivity index (χ1v) is 8.44. The minimum Gasteiger partial charge on any atom is -0.504 e. The van der Waals surface area contributed by atoms with Gasteiger partial charge in [-0.1, -0.05) is 18.7 Å². The van der Waals surface area contributed by atoms with Gasteiger partial charge in [0.15, 0.2) is 17.8 Å². The summed E-state index contributed by atoms with van der Waals surface area (Å²) in [5.41, 5.74) is 0.946. The van der Waals surface area contributed by atoms with Gasteiger partial charge in [0.25, 0.3) is 0 Å². The Kier molecular flexibility index (Phi) is 7.37. The molecule has 1 amide bonds. The summed E-state index contributed by atoms with van der Waals surface area (Å²) in [6, 6.07) is 3.95. The number of rotatable bonds is 8. The van der Waals surface area contributed by atoms with Gasteiger partial charge < -0.3 is 34.8 Å². The fourth-order valence-corrected chi connectivity index (χ4v) is 2.73. The van der Waals surface area contributed by atoms with Crippen LogP contribution >= 0.6 is 0 Å². The monoisotopic (exact) mass is 379 g/mol. The molecule has 4 N–H and O–H groups in total. The Bertz CT molecular complexity index is 701. The number of aromatic hydroxyl groups is 1. The van der Waals surface area contributed by atoms with Crippen LogP contribution in [0.4, 0.5) is 0 Å². The minimum atomic E-state index is -1.10. The Morgan fingerprint density at radius 1 is 1.44 bits per heavy atom. The highest BCUT2D eigenvalue weighted by Gasteiger charge is 2.44. The predicted octanol–water partition coefficient (Wildman–Crippen LogP) is 0.570. The maximum Gasteiger partial charge on any atom is 0.247 e. The normalized spacial score (nSPS) is 25.3. The lowest BCUT2D eigenvalue weighted by Gasteiger charge is -2.20. The van der Waals surface area contributed by atoms with Crippen LogP contribution in [0.5, 0.6) is 11.5 Å². The van der Waals surface area contributed by atoms with Crippen molar-refractivity contribution in [3.05, 3.63) is 42.0 Å². The molecule has 0 saturated carbocycles. The van der Waals surface area contributed by atoms with Crippen molar-refractivity contribution in [2.75, 3.05) is 20.3 Å². The Morgan fingerprint density at radius 3 is 2.78 bits per heavy atom. The molecular weight excluding hydrogens is 354 g/mol. The van der Waals surface area contributed by atoms with Crippen molar-refractivity contribution >= 4 is 12.0 Å². The van der Waals surface area contributed by atoms with Gasteiger partial charge in [-0.15, -0.1) is 0 Å². The molecule has 1 heterocycles. The number of methoxy groups -OCH3 is 1. The lowest BCUT2D eigenvalue weighted by Crippen LogP contribution is -2.49. The number of carbonyl (C=O) groups excluding carboxylic acids is 1. The van der Waals surface area contributed by atoms with E-state index in [-0.39, 0.29) is 19.0 Å². The zero-order chi connectivity index (χ0) is 20.0. The van der Waals surface area contributed by atoms with Crippen LogP contribution < -0.4 is 10.1 Å². The second kappa shape index (κ2) is 9.52. The average Bonchev–Trinajstić information content (AvgIpc) is 2.96. The number of carbonyl (C=O) groups is 1. The van der Waals surface area contributed by atoms with Crippen LogP contribution in [0.15, 0.2) is 36.4 Å². The van der Waals surface area contributed by atoms with Crippen LogP contribution in [0.3, 0.4) is 0 Å². The molecule has 1 aromatic carbocycles. The van der Waals surface area contributed by atoms with Crippen LogP contribution in [0.1, 0.15) is 12.5 Å². The number of hydrogen-bond donors (Lipinski definition) is 4. The summed E-state index contributed by atoms with van der Waals surface area (Å²) >= 11 is 0. The van der Waals surface area contributed by atoms with Crippen LogP contribution in [0.2, 0.25) is 0 Å². The topological polar surface area (TPSA) is 117 Å². The Labute approximate surface area is 157 Å². The van der Waals surface area contributed by atoms with E-state index in [1.165, 1.54) is 13.2 Å². The van der Waals surface area contributed by atoms with Gasteiger partial charge in [0.2, 0.25) is 5.91 Å². The van der Waals surface area contributed by atoms with E-state index in [1.807, 2.05) is 0 Å². The van der Waals surface area contributed by atoms with Crippen LogP contribution in [0.25, 0.3) is 6.08 Å². The summed E-state index contributed by atoms with van der Waals surface area (Å²) in [7, 11) is 1.37. The van der Waals surface area contributed by atoms with Gasteiger partial charge in [0.1, 0.15) is 18.8 Å². The van der Waals surface area contributed by atoms with Gasteiger partial charge in [0.05, 0.1) is 12.6 Å². The molecule has 1 saturated heterocycles. The van der Waals surface area contributed by atoms with E-state index >= 15 is 0 Å². The Balaban J connectivity index is 2.08. The molecule has 4 atom stereocenters. The number of aliphatic hydroxyl groups excluding tert-OH is 2. The van der Waals surface area contributed by atoms with Crippen LogP contribution in [-0.4, -0.2) is 66.1 Å². The van der Waals surface area contributed by atoms with E-state index in [0.29, 0.717) is 16.9 Å². The third-order valence-corrected chi connectivity index (χ3v) is 4.15. The molecule has 0 aromatic heterocycles. The van der Waals surface area contributed by atoms with Gasteiger partial charge in [-0.3, -0.25) is 4.79 Å². The molecule has 0 aliphatic carbocycles. The lowest BCUT2D eigenvalue weighted by molar-refractivity contribution is -0.153. The third kappa shape index (κ3) is 5.08. The van der Waals surface area contributed by atoms with Gasteiger partial charge in [0, 0.05) is 12.7 Å². The molecule has 27 heavy (non-hydrogen) atoms. The van der Waals surface area contributed by atoms with E-state index in [0.717, 1.165) is 0 Å². The quantitative estimate of drug-likeness (QED) is 0.385. The molecule has 1 aliphatic heterocycles. The number of hydrogen-bond acceptors (Lipinski definition) is 7. The Hall–Kier alpha value is -2.39. The minimum absolute atomic E-state index is 0.0540. The molecule has 2 rings (SSSR count). The number of phenols is 1. The largest absolute Gasteiger partial charge is 0.504 e. The fraction of sp³-hybridized carbons (Fsp3) is 0.421. The molecule has 8 heteroatoms. The van der Waals surface area contributed by atoms with E-state index in [2.05, 4.69) is 11.9 Å². The summed E-state index contributed by atoms with van der Waals surface area (Å²) in [6.45, 7) is 5.03. The van der Waals surface area contributed by atoms with E-state index in [4.69, 9.17) is 14.2 Å². The van der Waals surface area contributed by atoms with Gasteiger partial charge in [-0.2, -0.15) is 0 Å². The van der Waals surface area contributed by atoms with Crippen molar-refractivity contribution in [2.45, 2.75) is 31.5 Å². The van der Waals surface area contributed by atoms with Crippen molar-refractivity contribution in [3.63, 3.8) is 0 Å². The van der Waals surface area contributed by atoms with Crippen molar-refractivity contribution in [3.8, 4) is 11.5 Å². The number of amides is 1. The second-order valence-electron chi connectivity index (χ2n) is 6.11. The summed E-state index contributed by atoms with van der Waals surface area (Å²) in [6.07, 6.45) is 0.352. The molecule has 0 radical (unpaired) electrons. The van der Waals surface area contributed by atoms with E-state index < -0.39 is 30.4 Å². The lowest BCUT2D eigenvalue weighted by atomic mass is 10.1. The highest BCUT2D eigenvalue weighted by molar-refractivity contribution is 5.97. The first-order chi connectivity index (χ1) is 12.9. The SMILES string of the molecule is C=CCOc1ccc(/C=C(\C)C(=O)N[C@H]2[C@@H](O)[C@H](OC)O[C@@H]2CO)cc1O. The van der Waals surface area contributed by atoms with Gasteiger partial charge in [-0.25, -0.2) is 0 Å². The van der Waals surface area contributed by atoms with Crippen LogP contribution in [0, 0.1) is 0 Å². The summed E-state index contributed by atoms with van der Waals surface area (Å²) in [4.78, 5) is 12.4. The predicted molar refractivity (Wildman–Crippen MR) is 98.1 cm³/mol. The molecule has 0 spiro atoms. The average molecular weight is 379 g/mol. The first kappa shape index (κ1) is 20.9. The van der Waals surface area contributed by atoms with Crippen molar-refractivity contribution < 1.29 is 34.3 Å². The summed E-state index contributed by atoms with van der Waals surface area (Å²) in [5, 5.41) is 32.2. The van der Waals surface area contributed by atoms with E-state index in [1.54, 1.807) is 31.2 Å². The highest BCUT2D eigenvalue weighted by Crippen LogP contribution is 2.28. The maximum atomic E-state index is 12.4. The van der Waals surface area contributed by atoms with E-state index in [9.17, 15) is 20.1 Å². The van der Waals surface area contributed by atoms with Crippen molar-refractivity contribution in [2.24, 2.45) is 0 Å². The fourth-order valence-electron chi connectivity index (χ4n) is 2.73. The molecule has 8 nitrogen and oxygen atoms in total. The number of benzene rings is 1. The smallest absolute Gasteiger partial charge is 0.247 e. The summed E-state index contributed by atoms with van der Waals surface area (Å²) in [5.74, 6) is -0.178. The molecule has 1 fully saturated rings. The highest BCUT2D eigenvalue weighted by atomic mass is 16.7. The standard InChI is InChI=1S/C19H25NO7/c1-4-7-26-14-6-5-12(9-13(14)22)8-11(2)18(24)20-16-15(10-21)27-19(25-3)17(16)23/h4-6,8-9,15-17,19,21-23H,1,7,10H2,2-3H3,(H,20,24)/b11-8+/t15-,16-,17-,19-/m1/s1. The number of phenolic OH excluding ortho intramolecular Hbond substituents is 1. The number of nitrogens with one attached hydrogen (secondary N) is 1. The van der Waals surface area contributed by atoms with Gasteiger partial charge in [-0.05, 0) is 30.7 Å².